The zero-order valence-electron chi connectivity index (χ0n) is 13.0. The Labute approximate surface area is 129 Å². The summed E-state index contributed by atoms with van der Waals surface area (Å²) in [4.78, 5) is 11.9. The van der Waals surface area contributed by atoms with Gasteiger partial charge < -0.3 is 11.1 Å². The predicted octanol–water partition coefficient (Wildman–Crippen LogP) is 3.07. The first-order chi connectivity index (χ1) is 8.29. The van der Waals surface area contributed by atoms with E-state index in [4.69, 9.17) is 5.73 Å². The van der Waals surface area contributed by atoms with Gasteiger partial charge >= 0.3 is 0 Å². The van der Waals surface area contributed by atoms with Crippen LogP contribution in [-0.2, 0) is 4.79 Å². The molecule has 3 N–H and O–H groups in total. The Bertz CT molecular complexity index is 250. The topological polar surface area (TPSA) is 55.1 Å². The van der Waals surface area contributed by atoms with Gasteiger partial charge in [0.1, 0.15) is 0 Å². The average Bonchev–Trinajstić information content (AvgIpc) is 2.23. The molecule has 0 heterocycles. The molecule has 1 unspecified atom stereocenters. The normalized spacial score (nSPS) is 14.1. The molecule has 0 rings (SSSR count). The summed E-state index contributed by atoms with van der Waals surface area (Å²) >= 11 is 1.71. The van der Waals surface area contributed by atoms with E-state index < -0.39 is 0 Å². The lowest BCUT2D eigenvalue weighted by Gasteiger charge is -2.31. The van der Waals surface area contributed by atoms with E-state index in [0.717, 1.165) is 18.6 Å². The Morgan fingerprint density at radius 3 is 2.26 bits per heavy atom. The van der Waals surface area contributed by atoms with Crippen LogP contribution in [0.2, 0.25) is 0 Å². The highest BCUT2D eigenvalue weighted by atomic mass is 35.5. The van der Waals surface area contributed by atoms with Crippen molar-refractivity contribution in [1.82, 2.24) is 5.32 Å². The second-order valence-corrected chi connectivity index (χ2v) is 7.25. The number of halogens is 1. The van der Waals surface area contributed by atoms with E-state index in [-0.39, 0.29) is 23.9 Å². The predicted molar refractivity (Wildman–Crippen MR) is 89.1 cm³/mol. The van der Waals surface area contributed by atoms with Crippen LogP contribution in [-0.4, -0.2) is 29.5 Å². The number of thioether (sulfide) groups is 1. The molecular formula is C14H31ClN2OS. The lowest BCUT2D eigenvalue weighted by Crippen LogP contribution is -2.52. The maximum atomic E-state index is 11.9. The van der Waals surface area contributed by atoms with Crippen LogP contribution in [0, 0.1) is 11.8 Å². The largest absolute Gasteiger partial charge is 0.349 e. The third kappa shape index (κ3) is 11.6. The number of nitrogens with one attached hydrogen (secondary N) is 1. The lowest BCUT2D eigenvalue weighted by molar-refractivity contribution is -0.120. The standard InChI is InChI=1S/C14H30N2OS.ClH/c1-11(2)6-7-18-9-13(17)16-14(5,10-15)8-12(3)4;/h11-12H,6-10,15H2,1-5H3,(H,16,17);1H. The fourth-order valence-corrected chi connectivity index (χ4v) is 2.98. The first-order valence-electron chi connectivity index (χ1n) is 6.88. The molecule has 0 aliphatic rings. The maximum Gasteiger partial charge on any atom is 0.230 e. The number of nitrogens with two attached hydrogens (primary N) is 1. The number of amides is 1. The fourth-order valence-electron chi connectivity index (χ4n) is 1.94. The molecular weight excluding hydrogens is 280 g/mol. The summed E-state index contributed by atoms with van der Waals surface area (Å²) in [6, 6.07) is 0. The van der Waals surface area contributed by atoms with E-state index in [1.807, 2.05) is 6.92 Å². The Morgan fingerprint density at radius 1 is 1.26 bits per heavy atom. The number of carbonyl (C=O) groups is 1. The van der Waals surface area contributed by atoms with Gasteiger partial charge in [0.05, 0.1) is 5.75 Å². The van der Waals surface area contributed by atoms with Crippen molar-refractivity contribution in [2.24, 2.45) is 17.6 Å². The van der Waals surface area contributed by atoms with Crippen LogP contribution in [0.25, 0.3) is 0 Å². The van der Waals surface area contributed by atoms with E-state index in [0.29, 0.717) is 24.1 Å². The van der Waals surface area contributed by atoms with Gasteiger partial charge in [-0.15, -0.1) is 12.4 Å². The molecule has 0 aromatic heterocycles. The van der Waals surface area contributed by atoms with E-state index in [2.05, 4.69) is 33.0 Å². The van der Waals surface area contributed by atoms with Crippen molar-refractivity contribution in [1.29, 1.82) is 0 Å². The quantitative estimate of drug-likeness (QED) is 0.644. The van der Waals surface area contributed by atoms with Crippen LogP contribution in [0.3, 0.4) is 0 Å². The lowest BCUT2D eigenvalue weighted by atomic mass is 9.91. The Hall–Kier alpha value is 0.0700. The van der Waals surface area contributed by atoms with Crippen molar-refractivity contribution in [3.8, 4) is 0 Å². The summed E-state index contributed by atoms with van der Waals surface area (Å²) in [7, 11) is 0. The molecule has 0 aliphatic heterocycles. The van der Waals surface area contributed by atoms with Crippen molar-refractivity contribution < 1.29 is 4.79 Å². The molecule has 0 radical (unpaired) electrons. The van der Waals surface area contributed by atoms with Crippen molar-refractivity contribution in [3.05, 3.63) is 0 Å². The molecule has 116 valence electrons. The van der Waals surface area contributed by atoms with Crippen LogP contribution < -0.4 is 11.1 Å². The number of hydrogen-bond acceptors (Lipinski definition) is 3. The van der Waals surface area contributed by atoms with Gasteiger partial charge in [-0.05, 0) is 37.4 Å². The summed E-state index contributed by atoms with van der Waals surface area (Å²) in [5.74, 6) is 2.94. The minimum atomic E-state index is -0.260. The highest BCUT2D eigenvalue weighted by Crippen LogP contribution is 2.16. The Balaban J connectivity index is 0. The minimum absolute atomic E-state index is 0. The van der Waals surface area contributed by atoms with E-state index in [1.54, 1.807) is 11.8 Å². The fraction of sp³-hybridized carbons (Fsp3) is 0.929. The summed E-state index contributed by atoms with van der Waals surface area (Å²) in [6.07, 6.45) is 2.09. The number of hydrogen-bond donors (Lipinski definition) is 2. The molecule has 0 saturated heterocycles. The average molecular weight is 311 g/mol. The summed E-state index contributed by atoms with van der Waals surface area (Å²) in [5.41, 5.74) is 5.52. The van der Waals surface area contributed by atoms with Crippen molar-refractivity contribution in [3.63, 3.8) is 0 Å². The third-order valence-electron chi connectivity index (χ3n) is 2.82. The molecule has 0 aliphatic carbocycles. The smallest absolute Gasteiger partial charge is 0.230 e. The first-order valence-corrected chi connectivity index (χ1v) is 8.03. The highest BCUT2D eigenvalue weighted by molar-refractivity contribution is 7.99. The Morgan fingerprint density at radius 2 is 1.84 bits per heavy atom. The maximum absolute atomic E-state index is 11.9. The Kier molecular flexibility index (Phi) is 12.2. The minimum Gasteiger partial charge on any atom is -0.349 e. The third-order valence-corrected chi connectivity index (χ3v) is 3.81. The van der Waals surface area contributed by atoms with Gasteiger partial charge in [0.25, 0.3) is 0 Å². The molecule has 3 nitrogen and oxygen atoms in total. The van der Waals surface area contributed by atoms with Crippen LogP contribution in [0.5, 0.6) is 0 Å². The van der Waals surface area contributed by atoms with E-state index in [9.17, 15) is 4.79 Å². The SMILES string of the molecule is CC(C)CCSCC(=O)NC(C)(CN)CC(C)C.Cl. The van der Waals surface area contributed by atoms with Crippen molar-refractivity contribution in [2.75, 3.05) is 18.1 Å². The van der Waals surface area contributed by atoms with Crippen LogP contribution in [0.15, 0.2) is 0 Å². The molecule has 5 heteroatoms. The zero-order chi connectivity index (χ0) is 14.2. The molecule has 19 heavy (non-hydrogen) atoms. The molecule has 1 atom stereocenters. The second kappa shape index (κ2) is 10.8. The number of carbonyl (C=O) groups excluding carboxylic acids is 1. The van der Waals surface area contributed by atoms with E-state index in [1.165, 1.54) is 0 Å². The van der Waals surface area contributed by atoms with Gasteiger partial charge in [-0.2, -0.15) is 11.8 Å². The van der Waals surface area contributed by atoms with Crippen molar-refractivity contribution in [2.45, 2.75) is 53.0 Å². The van der Waals surface area contributed by atoms with Crippen LogP contribution in [0.4, 0.5) is 0 Å². The summed E-state index contributed by atoms with van der Waals surface area (Å²) < 4.78 is 0. The monoisotopic (exact) mass is 310 g/mol. The van der Waals surface area contributed by atoms with Gasteiger partial charge in [-0.3, -0.25) is 4.79 Å². The molecule has 0 spiro atoms. The number of rotatable bonds is 9. The summed E-state index contributed by atoms with van der Waals surface area (Å²) in [6.45, 7) is 11.2. The highest BCUT2D eigenvalue weighted by Gasteiger charge is 2.25. The second-order valence-electron chi connectivity index (χ2n) is 6.15. The summed E-state index contributed by atoms with van der Waals surface area (Å²) in [5, 5.41) is 3.08. The molecule has 0 aromatic rings. The molecule has 0 fully saturated rings. The van der Waals surface area contributed by atoms with Crippen molar-refractivity contribution >= 4 is 30.1 Å². The van der Waals surface area contributed by atoms with Gasteiger partial charge in [0, 0.05) is 12.1 Å². The van der Waals surface area contributed by atoms with Crippen LogP contribution >= 0.6 is 24.2 Å². The molecule has 1 amide bonds. The van der Waals surface area contributed by atoms with Crippen LogP contribution in [0.1, 0.15) is 47.5 Å². The molecule has 0 bridgehead atoms. The molecule has 0 aromatic carbocycles. The van der Waals surface area contributed by atoms with Gasteiger partial charge in [-0.25, -0.2) is 0 Å². The zero-order valence-corrected chi connectivity index (χ0v) is 14.6. The first kappa shape index (κ1) is 21.4. The molecule has 0 saturated carbocycles. The van der Waals surface area contributed by atoms with Gasteiger partial charge in [-0.1, -0.05) is 27.7 Å². The van der Waals surface area contributed by atoms with E-state index >= 15 is 0 Å². The van der Waals surface area contributed by atoms with Gasteiger partial charge in [0.15, 0.2) is 0 Å². The van der Waals surface area contributed by atoms with Gasteiger partial charge in [0.2, 0.25) is 5.91 Å².